The van der Waals surface area contributed by atoms with Crippen molar-refractivity contribution in [2.24, 2.45) is 5.41 Å². The first-order valence-corrected chi connectivity index (χ1v) is 9.48. The molecule has 0 saturated carbocycles. The van der Waals surface area contributed by atoms with E-state index in [1.165, 1.54) is 12.4 Å². The summed E-state index contributed by atoms with van der Waals surface area (Å²) in [4.78, 5) is 35.5. The van der Waals surface area contributed by atoms with E-state index in [1.54, 1.807) is 4.90 Å². The predicted octanol–water partition coefficient (Wildman–Crippen LogP) is 1.32. The highest BCUT2D eigenvalue weighted by Crippen LogP contribution is 2.37. The lowest BCUT2D eigenvalue weighted by Gasteiger charge is -2.46. The monoisotopic (exact) mass is 381 g/mol. The van der Waals surface area contributed by atoms with E-state index in [-0.39, 0.29) is 18.4 Å². The van der Waals surface area contributed by atoms with Gasteiger partial charge >= 0.3 is 0 Å². The molecule has 2 atom stereocenters. The van der Waals surface area contributed by atoms with E-state index in [4.69, 9.17) is 0 Å². The fraction of sp³-hybridized carbons (Fsp3) is 0.400. The Morgan fingerprint density at radius 2 is 2.00 bits per heavy atom. The van der Waals surface area contributed by atoms with E-state index in [9.17, 15) is 14.7 Å². The second-order valence-corrected chi connectivity index (χ2v) is 7.33. The summed E-state index contributed by atoms with van der Waals surface area (Å²) in [5.41, 5.74) is 0.306. The topological polar surface area (TPSA) is 107 Å². The SMILES string of the molecule is O=C(c1cnc(Nc2ccccc2)nc1)N1CC[C@H](O)[C@@]2(CCCNC2=O)C1. The fourth-order valence-electron chi connectivity index (χ4n) is 3.95. The van der Waals surface area contributed by atoms with Crippen LogP contribution >= 0.6 is 0 Å². The Morgan fingerprint density at radius 1 is 1.25 bits per heavy atom. The van der Waals surface area contributed by atoms with E-state index in [0.717, 1.165) is 12.1 Å². The number of anilines is 2. The van der Waals surface area contributed by atoms with Gasteiger partial charge in [0.1, 0.15) is 0 Å². The fourth-order valence-corrected chi connectivity index (χ4v) is 3.95. The summed E-state index contributed by atoms with van der Waals surface area (Å²) in [5.74, 6) is 0.0123. The van der Waals surface area contributed by atoms with Crippen LogP contribution in [0.15, 0.2) is 42.7 Å². The van der Waals surface area contributed by atoms with Crippen LogP contribution in [0.2, 0.25) is 0 Å². The van der Waals surface area contributed by atoms with Crippen LogP contribution in [0, 0.1) is 5.41 Å². The summed E-state index contributed by atoms with van der Waals surface area (Å²) in [7, 11) is 0. The molecule has 1 aromatic heterocycles. The molecule has 2 aliphatic rings. The lowest BCUT2D eigenvalue weighted by atomic mass is 9.71. The number of hydrogen-bond donors (Lipinski definition) is 3. The maximum atomic E-state index is 12.9. The quantitative estimate of drug-likeness (QED) is 0.740. The van der Waals surface area contributed by atoms with Crippen molar-refractivity contribution in [3.05, 3.63) is 48.3 Å². The van der Waals surface area contributed by atoms with Crippen molar-refractivity contribution >= 4 is 23.5 Å². The zero-order valence-corrected chi connectivity index (χ0v) is 15.5. The smallest absolute Gasteiger partial charge is 0.257 e. The summed E-state index contributed by atoms with van der Waals surface area (Å²) < 4.78 is 0. The maximum Gasteiger partial charge on any atom is 0.257 e. The minimum absolute atomic E-state index is 0.164. The van der Waals surface area contributed by atoms with Crippen molar-refractivity contribution in [2.45, 2.75) is 25.4 Å². The number of benzene rings is 1. The van der Waals surface area contributed by atoms with Crippen LogP contribution in [0.5, 0.6) is 0 Å². The van der Waals surface area contributed by atoms with Gasteiger partial charge in [-0.15, -0.1) is 0 Å². The number of aliphatic hydroxyl groups excluding tert-OH is 1. The third-order valence-electron chi connectivity index (χ3n) is 5.54. The van der Waals surface area contributed by atoms with E-state index >= 15 is 0 Å². The van der Waals surface area contributed by atoms with Crippen LogP contribution in [0.25, 0.3) is 0 Å². The van der Waals surface area contributed by atoms with Crippen molar-refractivity contribution in [2.75, 3.05) is 25.0 Å². The number of para-hydroxylation sites is 1. The first kappa shape index (κ1) is 18.4. The van der Waals surface area contributed by atoms with Crippen molar-refractivity contribution in [3.8, 4) is 0 Å². The Hall–Kier alpha value is -3.00. The second-order valence-electron chi connectivity index (χ2n) is 7.33. The molecule has 3 heterocycles. The highest BCUT2D eigenvalue weighted by molar-refractivity contribution is 5.94. The average Bonchev–Trinajstić information content (AvgIpc) is 2.73. The number of carbonyl (C=O) groups excluding carboxylic acids is 2. The molecule has 146 valence electrons. The Balaban J connectivity index is 1.47. The van der Waals surface area contributed by atoms with Crippen molar-refractivity contribution in [1.29, 1.82) is 0 Å². The number of carbonyl (C=O) groups is 2. The molecular formula is C20H23N5O3. The maximum absolute atomic E-state index is 12.9. The molecule has 8 nitrogen and oxygen atoms in total. The van der Waals surface area contributed by atoms with Crippen LogP contribution in [-0.4, -0.2) is 57.5 Å². The Morgan fingerprint density at radius 3 is 2.71 bits per heavy atom. The van der Waals surface area contributed by atoms with Gasteiger partial charge in [-0.1, -0.05) is 18.2 Å². The molecule has 0 unspecified atom stereocenters. The number of piperidine rings is 2. The summed E-state index contributed by atoms with van der Waals surface area (Å²) in [6.07, 6.45) is 4.01. The summed E-state index contributed by atoms with van der Waals surface area (Å²) in [6, 6.07) is 9.53. The summed E-state index contributed by atoms with van der Waals surface area (Å²) in [6.45, 7) is 1.23. The van der Waals surface area contributed by atoms with Gasteiger partial charge in [0.15, 0.2) is 0 Å². The molecule has 2 saturated heterocycles. The molecule has 1 aromatic carbocycles. The first-order valence-electron chi connectivity index (χ1n) is 9.48. The van der Waals surface area contributed by atoms with Crippen LogP contribution in [-0.2, 0) is 4.79 Å². The molecule has 8 heteroatoms. The Labute approximate surface area is 163 Å². The third-order valence-corrected chi connectivity index (χ3v) is 5.54. The minimum atomic E-state index is -0.915. The zero-order chi connectivity index (χ0) is 19.6. The molecule has 2 aromatic rings. The van der Waals surface area contributed by atoms with Gasteiger partial charge in [0.05, 0.1) is 17.1 Å². The number of likely N-dealkylation sites (tertiary alicyclic amines) is 1. The molecule has 1 spiro atoms. The van der Waals surface area contributed by atoms with Gasteiger partial charge in [0, 0.05) is 37.7 Å². The van der Waals surface area contributed by atoms with Gasteiger partial charge in [-0.2, -0.15) is 0 Å². The number of nitrogens with zero attached hydrogens (tertiary/aromatic N) is 3. The number of hydrogen-bond acceptors (Lipinski definition) is 6. The van der Waals surface area contributed by atoms with Gasteiger partial charge in [0.2, 0.25) is 11.9 Å². The first-order chi connectivity index (χ1) is 13.6. The van der Waals surface area contributed by atoms with Gasteiger partial charge in [-0.05, 0) is 31.4 Å². The van der Waals surface area contributed by atoms with Crippen LogP contribution in [0.3, 0.4) is 0 Å². The number of amides is 2. The Kier molecular flexibility index (Phi) is 4.95. The Bertz CT molecular complexity index is 858. The summed E-state index contributed by atoms with van der Waals surface area (Å²) >= 11 is 0. The van der Waals surface area contributed by atoms with Crippen LogP contribution in [0.1, 0.15) is 29.6 Å². The second kappa shape index (κ2) is 7.55. The molecule has 2 aliphatic heterocycles. The zero-order valence-electron chi connectivity index (χ0n) is 15.5. The molecule has 4 rings (SSSR count). The molecule has 0 radical (unpaired) electrons. The van der Waals surface area contributed by atoms with Crippen molar-refractivity contribution < 1.29 is 14.7 Å². The molecular weight excluding hydrogens is 358 g/mol. The highest BCUT2D eigenvalue weighted by atomic mass is 16.3. The lowest BCUT2D eigenvalue weighted by molar-refractivity contribution is -0.147. The largest absolute Gasteiger partial charge is 0.392 e. The number of aromatic nitrogens is 2. The van der Waals surface area contributed by atoms with Crippen molar-refractivity contribution in [3.63, 3.8) is 0 Å². The molecule has 3 N–H and O–H groups in total. The number of nitrogens with one attached hydrogen (secondary N) is 2. The number of rotatable bonds is 3. The highest BCUT2D eigenvalue weighted by Gasteiger charge is 2.50. The molecule has 2 amide bonds. The number of aliphatic hydroxyl groups is 1. The van der Waals surface area contributed by atoms with Gasteiger partial charge < -0.3 is 20.6 Å². The van der Waals surface area contributed by atoms with Gasteiger partial charge in [0.25, 0.3) is 5.91 Å². The van der Waals surface area contributed by atoms with E-state index in [0.29, 0.717) is 37.4 Å². The average molecular weight is 381 g/mol. The molecule has 0 aliphatic carbocycles. The van der Waals surface area contributed by atoms with Crippen LogP contribution in [0.4, 0.5) is 11.6 Å². The molecule has 0 bridgehead atoms. The standard InChI is InChI=1S/C20H23N5O3/c26-16-7-10-25(13-20(16)8-4-9-21-18(20)28)17(27)14-11-22-19(23-12-14)24-15-5-2-1-3-6-15/h1-3,5-6,11-12,16,26H,4,7-10,13H2,(H,21,28)(H,22,23,24)/t16-,20+/m0/s1. The summed E-state index contributed by atoms with van der Waals surface area (Å²) in [5, 5.41) is 16.4. The van der Waals surface area contributed by atoms with E-state index in [2.05, 4.69) is 20.6 Å². The van der Waals surface area contributed by atoms with E-state index < -0.39 is 11.5 Å². The molecule has 2 fully saturated rings. The van der Waals surface area contributed by atoms with Gasteiger partial charge in [-0.3, -0.25) is 9.59 Å². The van der Waals surface area contributed by atoms with E-state index in [1.807, 2.05) is 30.3 Å². The van der Waals surface area contributed by atoms with Crippen molar-refractivity contribution in [1.82, 2.24) is 20.2 Å². The molecule has 28 heavy (non-hydrogen) atoms. The van der Waals surface area contributed by atoms with Gasteiger partial charge in [-0.25, -0.2) is 9.97 Å². The lowest BCUT2D eigenvalue weighted by Crippen LogP contribution is -2.62. The third kappa shape index (κ3) is 3.43. The normalized spacial score (nSPS) is 24.7. The predicted molar refractivity (Wildman–Crippen MR) is 103 cm³/mol. The minimum Gasteiger partial charge on any atom is -0.392 e. The van der Waals surface area contributed by atoms with Crippen LogP contribution < -0.4 is 10.6 Å².